The van der Waals surface area contributed by atoms with Crippen molar-refractivity contribution in [1.82, 2.24) is 10.3 Å². The van der Waals surface area contributed by atoms with Gasteiger partial charge < -0.3 is 10.3 Å². The first-order valence-electron chi connectivity index (χ1n) is 8.53. The van der Waals surface area contributed by atoms with Crippen LogP contribution in [-0.4, -0.2) is 33.3 Å². The predicted octanol–water partition coefficient (Wildman–Crippen LogP) is 3.50. The van der Waals surface area contributed by atoms with E-state index in [2.05, 4.69) is 20.5 Å². The summed E-state index contributed by atoms with van der Waals surface area (Å²) in [6.07, 6.45) is 3.45. The summed E-state index contributed by atoms with van der Waals surface area (Å²) >= 11 is 1.16. The predicted molar refractivity (Wildman–Crippen MR) is 108 cm³/mol. The number of ketones is 1. The highest BCUT2D eigenvalue weighted by Gasteiger charge is 2.32. The number of thioether (sulfide) groups is 1. The summed E-state index contributed by atoms with van der Waals surface area (Å²) in [5.74, 6) is -0.926. The Balaban J connectivity index is 1.41. The number of aromatic amines is 1. The molecule has 4 rings (SSSR count). The standard InChI is InChI=1S/C20H15FN4O2S/c21-14-7-5-12(6-8-14)17(26)9-18-19(27)24-20(28-18)25-23-11-13-10-22-16-4-2-1-3-15(13)16/h1-8,10-11,18,22H,9H2,(H,24,25,27)/b23-11+. The Kier molecular flexibility index (Phi) is 5.03. The van der Waals surface area contributed by atoms with Crippen LogP contribution in [0.5, 0.6) is 0 Å². The van der Waals surface area contributed by atoms with Gasteiger partial charge in [-0.3, -0.25) is 9.59 Å². The lowest BCUT2D eigenvalue weighted by molar-refractivity contribution is -0.118. The number of carbonyl (C=O) groups is 2. The fourth-order valence-corrected chi connectivity index (χ4v) is 3.78. The molecule has 1 aromatic heterocycles. The van der Waals surface area contributed by atoms with E-state index >= 15 is 0 Å². The van der Waals surface area contributed by atoms with Gasteiger partial charge in [0.05, 0.1) is 11.5 Å². The van der Waals surface area contributed by atoms with Gasteiger partial charge in [0.2, 0.25) is 5.91 Å². The third-order valence-corrected chi connectivity index (χ3v) is 5.35. The minimum Gasteiger partial charge on any atom is -0.361 e. The molecule has 8 heteroatoms. The number of aromatic nitrogens is 1. The monoisotopic (exact) mass is 394 g/mol. The van der Waals surface area contributed by atoms with Gasteiger partial charge >= 0.3 is 0 Å². The quantitative estimate of drug-likeness (QED) is 0.394. The minimum absolute atomic E-state index is 0.00726. The second kappa shape index (κ2) is 7.77. The summed E-state index contributed by atoms with van der Waals surface area (Å²) in [5, 5.41) is 11.5. The molecular formula is C20H15FN4O2S. The molecule has 2 heterocycles. The first-order chi connectivity index (χ1) is 13.6. The molecule has 0 spiro atoms. The molecule has 1 aliphatic rings. The van der Waals surface area contributed by atoms with Crippen molar-refractivity contribution in [3.63, 3.8) is 0 Å². The van der Waals surface area contributed by atoms with Crippen LogP contribution >= 0.6 is 11.8 Å². The van der Waals surface area contributed by atoms with E-state index in [0.717, 1.165) is 28.2 Å². The highest BCUT2D eigenvalue weighted by Crippen LogP contribution is 2.24. The van der Waals surface area contributed by atoms with Crippen molar-refractivity contribution in [3.8, 4) is 0 Å². The number of amides is 1. The molecular weight excluding hydrogens is 379 g/mol. The van der Waals surface area contributed by atoms with Crippen LogP contribution < -0.4 is 5.32 Å². The highest BCUT2D eigenvalue weighted by atomic mass is 32.2. The van der Waals surface area contributed by atoms with Crippen LogP contribution in [0.25, 0.3) is 10.9 Å². The molecule has 1 unspecified atom stereocenters. The van der Waals surface area contributed by atoms with Crippen molar-refractivity contribution >= 4 is 45.7 Å². The molecule has 6 nitrogen and oxygen atoms in total. The van der Waals surface area contributed by atoms with Crippen LogP contribution in [-0.2, 0) is 4.79 Å². The summed E-state index contributed by atoms with van der Waals surface area (Å²) in [5.41, 5.74) is 2.26. The van der Waals surface area contributed by atoms with Crippen molar-refractivity contribution in [3.05, 3.63) is 71.7 Å². The zero-order valence-electron chi connectivity index (χ0n) is 14.6. The molecule has 0 radical (unpaired) electrons. The van der Waals surface area contributed by atoms with E-state index < -0.39 is 11.1 Å². The van der Waals surface area contributed by atoms with E-state index in [1.54, 1.807) is 6.21 Å². The maximum Gasteiger partial charge on any atom is 0.240 e. The Morgan fingerprint density at radius 2 is 1.96 bits per heavy atom. The number of halogens is 1. The van der Waals surface area contributed by atoms with E-state index in [0.29, 0.717) is 10.7 Å². The summed E-state index contributed by atoms with van der Waals surface area (Å²) in [6, 6.07) is 13.1. The summed E-state index contributed by atoms with van der Waals surface area (Å²) in [4.78, 5) is 27.5. The van der Waals surface area contributed by atoms with Gasteiger partial charge in [-0.1, -0.05) is 30.0 Å². The minimum atomic E-state index is -0.584. The van der Waals surface area contributed by atoms with Gasteiger partial charge in [0.15, 0.2) is 11.0 Å². The van der Waals surface area contributed by atoms with Crippen LogP contribution in [0.4, 0.5) is 4.39 Å². The van der Waals surface area contributed by atoms with E-state index in [4.69, 9.17) is 0 Å². The lowest BCUT2D eigenvalue weighted by atomic mass is 10.1. The largest absolute Gasteiger partial charge is 0.361 e. The lowest BCUT2D eigenvalue weighted by Crippen LogP contribution is -2.26. The number of para-hydroxylation sites is 1. The summed E-state index contributed by atoms with van der Waals surface area (Å²) in [7, 11) is 0. The van der Waals surface area contributed by atoms with Crippen molar-refractivity contribution in [2.24, 2.45) is 10.2 Å². The second-order valence-corrected chi connectivity index (χ2v) is 7.36. The zero-order chi connectivity index (χ0) is 19.5. The average Bonchev–Trinajstić information content (AvgIpc) is 3.26. The lowest BCUT2D eigenvalue weighted by Gasteiger charge is -2.04. The summed E-state index contributed by atoms with van der Waals surface area (Å²) in [6.45, 7) is 0. The van der Waals surface area contributed by atoms with Crippen molar-refractivity contribution in [1.29, 1.82) is 0 Å². The van der Waals surface area contributed by atoms with Crippen LogP contribution in [0.1, 0.15) is 22.3 Å². The van der Waals surface area contributed by atoms with Gasteiger partial charge in [0.1, 0.15) is 5.82 Å². The Morgan fingerprint density at radius 3 is 2.79 bits per heavy atom. The number of nitrogens with zero attached hydrogens (tertiary/aromatic N) is 2. The third-order valence-electron chi connectivity index (χ3n) is 4.28. The van der Waals surface area contributed by atoms with Crippen LogP contribution in [0.15, 0.2) is 64.9 Å². The van der Waals surface area contributed by atoms with Gasteiger partial charge in [-0.2, -0.15) is 5.10 Å². The number of rotatable bonds is 5. The molecule has 2 N–H and O–H groups in total. The van der Waals surface area contributed by atoms with Crippen molar-refractivity contribution < 1.29 is 14.0 Å². The summed E-state index contributed by atoms with van der Waals surface area (Å²) < 4.78 is 13.0. The van der Waals surface area contributed by atoms with Gasteiger partial charge in [-0.15, -0.1) is 5.10 Å². The SMILES string of the molecule is O=C(CC1S/C(=N/N=C/c2c[nH]c3ccccc23)NC1=O)c1ccc(F)cc1. The van der Waals surface area contributed by atoms with E-state index in [1.807, 2.05) is 30.5 Å². The van der Waals surface area contributed by atoms with Crippen LogP contribution in [0, 0.1) is 5.82 Å². The molecule has 0 bridgehead atoms. The molecule has 1 aliphatic heterocycles. The van der Waals surface area contributed by atoms with Gasteiger partial charge in [0, 0.05) is 34.6 Å². The Morgan fingerprint density at radius 1 is 1.18 bits per heavy atom. The molecule has 0 aliphatic carbocycles. The van der Waals surface area contributed by atoms with Crippen LogP contribution in [0.3, 0.4) is 0 Å². The molecule has 28 heavy (non-hydrogen) atoms. The molecule has 1 amide bonds. The van der Waals surface area contributed by atoms with Gasteiger partial charge in [-0.05, 0) is 30.3 Å². The van der Waals surface area contributed by atoms with E-state index in [-0.39, 0.29) is 18.1 Å². The van der Waals surface area contributed by atoms with Gasteiger partial charge in [0.25, 0.3) is 0 Å². The molecule has 1 fully saturated rings. The molecule has 140 valence electrons. The van der Waals surface area contributed by atoms with Crippen molar-refractivity contribution in [2.45, 2.75) is 11.7 Å². The molecule has 1 atom stereocenters. The van der Waals surface area contributed by atoms with Crippen LogP contribution in [0.2, 0.25) is 0 Å². The Labute approximate surface area is 163 Å². The normalized spacial score (nSPS) is 18.2. The highest BCUT2D eigenvalue weighted by molar-refractivity contribution is 8.15. The van der Waals surface area contributed by atoms with Crippen molar-refractivity contribution in [2.75, 3.05) is 0 Å². The third kappa shape index (κ3) is 3.86. The van der Waals surface area contributed by atoms with E-state index in [1.165, 1.54) is 24.3 Å². The number of hydrogen-bond donors (Lipinski definition) is 2. The molecule has 0 saturated carbocycles. The number of amidine groups is 1. The zero-order valence-corrected chi connectivity index (χ0v) is 15.4. The molecule has 1 saturated heterocycles. The maximum atomic E-state index is 13.0. The second-order valence-electron chi connectivity index (χ2n) is 6.17. The molecule has 2 aromatic carbocycles. The number of Topliss-reactive ketones (excluding diaryl/α,β-unsaturated/α-hetero) is 1. The number of carbonyl (C=O) groups excluding carboxylic acids is 2. The smallest absolute Gasteiger partial charge is 0.240 e. The average molecular weight is 394 g/mol. The Hall–Kier alpha value is -3.26. The number of hydrogen-bond acceptors (Lipinski definition) is 5. The maximum absolute atomic E-state index is 13.0. The topological polar surface area (TPSA) is 86.7 Å². The fourth-order valence-electron chi connectivity index (χ4n) is 2.85. The van der Waals surface area contributed by atoms with E-state index in [9.17, 15) is 14.0 Å². The number of H-pyrrole nitrogens is 1. The van der Waals surface area contributed by atoms with Gasteiger partial charge in [-0.25, -0.2) is 4.39 Å². The number of benzene rings is 2. The number of fused-ring (bicyclic) bond motifs is 1. The molecule has 3 aromatic rings. The fraction of sp³-hybridized carbons (Fsp3) is 0.100. The first kappa shape index (κ1) is 18.1. The number of nitrogens with one attached hydrogen (secondary N) is 2. The first-order valence-corrected chi connectivity index (χ1v) is 9.41. The Bertz CT molecular complexity index is 1100.